The first-order valence-electron chi connectivity index (χ1n) is 8.99. The molecule has 28 heavy (non-hydrogen) atoms. The molecule has 0 spiro atoms. The predicted octanol–water partition coefficient (Wildman–Crippen LogP) is 4.60. The topological polar surface area (TPSA) is 60.8 Å². The number of pyridine rings is 1. The molecular formula is C19H18ClF3N4O. The molecule has 2 N–H and O–H groups in total. The first-order chi connectivity index (χ1) is 13.3. The number of hydrogen-bond donors (Lipinski definition) is 2. The van der Waals surface area contributed by atoms with Gasteiger partial charge < -0.3 is 10.0 Å². The summed E-state index contributed by atoms with van der Waals surface area (Å²) in [4.78, 5) is 6.00. The van der Waals surface area contributed by atoms with Crippen molar-refractivity contribution in [3.05, 3.63) is 45.6 Å². The standard InChI is InChI=1S/C19H18ClF3N4O/c20-15-8-13(19(21,22)23)10-24-18(15)26-25-9-12-7-11-3-1-5-27-6-2-4-14(16(11)27)17(12)28/h7-10,28H,1-6H2,(H,24,26)/b25-9+. The summed E-state index contributed by atoms with van der Waals surface area (Å²) >= 11 is 5.86. The van der Waals surface area contributed by atoms with Gasteiger partial charge in [0, 0.05) is 36.1 Å². The molecule has 0 fully saturated rings. The summed E-state index contributed by atoms with van der Waals surface area (Å²) in [5.74, 6) is 0.207. The molecule has 2 aliphatic rings. The number of aromatic nitrogens is 1. The van der Waals surface area contributed by atoms with Gasteiger partial charge in [-0.25, -0.2) is 4.98 Å². The Balaban J connectivity index is 1.58. The van der Waals surface area contributed by atoms with E-state index in [1.54, 1.807) is 0 Å². The van der Waals surface area contributed by atoms with Crippen LogP contribution < -0.4 is 10.3 Å². The van der Waals surface area contributed by atoms with Crippen LogP contribution in [0.15, 0.2) is 23.4 Å². The molecule has 0 saturated heterocycles. The fourth-order valence-corrected chi connectivity index (χ4v) is 4.01. The zero-order valence-electron chi connectivity index (χ0n) is 14.9. The molecule has 0 aliphatic carbocycles. The van der Waals surface area contributed by atoms with E-state index < -0.39 is 11.7 Å². The smallest absolute Gasteiger partial charge is 0.417 e. The van der Waals surface area contributed by atoms with Crippen molar-refractivity contribution < 1.29 is 18.3 Å². The molecule has 2 aliphatic heterocycles. The highest BCUT2D eigenvalue weighted by molar-refractivity contribution is 6.33. The lowest BCUT2D eigenvalue weighted by atomic mass is 9.89. The minimum absolute atomic E-state index is 0.0101. The van der Waals surface area contributed by atoms with E-state index in [9.17, 15) is 18.3 Å². The van der Waals surface area contributed by atoms with Crippen molar-refractivity contribution in [3.8, 4) is 5.75 Å². The number of halogens is 4. The van der Waals surface area contributed by atoms with Crippen molar-refractivity contribution in [2.75, 3.05) is 23.4 Å². The first kappa shape index (κ1) is 18.9. The number of anilines is 2. The van der Waals surface area contributed by atoms with E-state index in [2.05, 4.69) is 20.4 Å². The van der Waals surface area contributed by atoms with Crippen LogP contribution in [0.25, 0.3) is 0 Å². The van der Waals surface area contributed by atoms with Gasteiger partial charge in [-0.05, 0) is 43.4 Å². The van der Waals surface area contributed by atoms with Gasteiger partial charge in [-0.1, -0.05) is 11.6 Å². The van der Waals surface area contributed by atoms with Crippen LogP contribution >= 0.6 is 11.6 Å². The quantitative estimate of drug-likeness (QED) is 0.573. The lowest BCUT2D eigenvalue weighted by molar-refractivity contribution is -0.137. The van der Waals surface area contributed by atoms with Crippen LogP contribution in [-0.4, -0.2) is 29.4 Å². The van der Waals surface area contributed by atoms with E-state index in [1.165, 1.54) is 11.8 Å². The predicted molar refractivity (Wildman–Crippen MR) is 102 cm³/mol. The first-order valence-corrected chi connectivity index (χ1v) is 9.37. The Kier molecular flexibility index (Phi) is 4.82. The number of rotatable bonds is 3. The maximum Gasteiger partial charge on any atom is 0.417 e. The van der Waals surface area contributed by atoms with Crippen LogP contribution in [0.1, 0.15) is 35.1 Å². The second-order valence-electron chi connectivity index (χ2n) is 6.92. The molecule has 0 atom stereocenters. The molecule has 0 saturated carbocycles. The Bertz CT molecular complexity index is 944. The molecule has 148 valence electrons. The van der Waals surface area contributed by atoms with Gasteiger partial charge in [0.25, 0.3) is 0 Å². The molecule has 0 bridgehead atoms. The summed E-state index contributed by atoms with van der Waals surface area (Å²) in [5.41, 5.74) is 5.45. The lowest BCUT2D eigenvalue weighted by Gasteiger charge is -2.37. The number of nitrogens with zero attached hydrogens (tertiary/aromatic N) is 3. The van der Waals surface area contributed by atoms with Gasteiger partial charge in [-0.3, -0.25) is 5.43 Å². The van der Waals surface area contributed by atoms with Crippen LogP contribution in [0, 0.1) is 0 Å². The van der Waals surface area contributed by atoms with Gasteiger partial charge in [0.15, 0.2) is 5.82 Å². The van der Waals surface area contributed by atoms with E-state index in [0.717, 1.165) is 56.1 Å². The van der Waals surface area contributed by atoms with Crippen molar-refractivity contribution in [3.63, 3.8) is 0 Å². The SMILES string of the molecule is Oc1c(/C=N/Nc2ncc(C(F)(F)F)cc2Cl)cc2c3c1CCCN3CCC2. The Morgan fingerprint density at radius 1 is 1.21 bits per heavy atom. The zero-order chi connectivity index (χ0) is 19.9. The highest BCUT2D eigenvalue weighted by Crippen LogP contribution is 2.41. The molecule has 0 radical (unpaired) electrons. The Hall–Kier alpha value is -2.48. The van der Waals surface area contributed by atoms with E-state index in [1.807, 2.05) is 6.07 Å². The van der Waals surface area contributed by atoms with Gasteiger partial charge in [0.05, 0.1) is 16.8 Å². The Morgan fingerprint density at radius 2 is 1.96 bits per heavy atom. The minimum atomic E-state index is -4.51. The highest BCUT2D eigenvalue weighted by atomic mass is 35.5. The molecular weight excluding hydrogens is 393 g/mol. The maximum atomic E-state index is 12.7. The lowest BCUT2D eigenvalue weighted by Crippen LogP contribution is -2.34. The van der Waals surface area contributed by atoms with Crippen LogP contribution in [-0.2, 0) is 19.0 Å². The number of aromatic hydroxyl groups is 1. The zero-order valence-corrected chi connectivity index (χ0v) is 15.6. The van der Waals surface area contributed by atoms with E-state index in [0.29, 0.717) is 11.8 Å². The molecule has 0 unspecified atom stereocenters. The molecule has 9 heteroatoms. The summed E-state index contributed by atoms with van der Waals surface area (Å²) in [6.07, 6.45) is 1.43. The largest absolute Gasteiger partial charge is 0.507 e. The summed E-state index contributed by atoms with van der Waals surface area (Å²) < 4.78 is 38.0. The third kappa shape index (κ3) is 3.48. The highest BCUT2D eigenvalue weighted by Gasteiger charge is 2.31. The van der Waals surface area contributed by atoms with Crippen LogP contribution in [0.2, 0.25) is 5.02 Å². The summed E-state index contributed by atoms with van der Waals surface area (Å²) in [6, 6.07) is 2.71. The van der Waals surface area contributed by atoms with Crippen molar-refractivity contribution in [2.45, 2.75) is 31.9 Å². The number of hydrazone groups is 1. The molecule has 0 amide bonds. The fraction of sp³-hybridized carbons (Fsp3) is 0.368. The van der Waals surface area contributed by atoms with Gasteiger partial charge in [-0.2, -0.15) is 18.3 Å². The molecule has 3 heterocycles. The number of benzene rings is 1. The number of phenolic OH excluding ortho intramolecular Hbond substituents is 1. The van der Waals surface area contributed by atoms with Crippen molar-refractivity contribution in [1.29, 1.82) is 0 Å². The summed E-state index contributed by atoms with van der Waals surface area (Å²) in [7, 11) is 0. The molecule has 4 rings (SSSR count). The third-order valence-electron chi connectivity index (χ3n) is 5.07. The number of hydrogen-bond acceptors (Lipinski definition) is 5. The average Bonchev–Trinajstić information content (AvgIpc) is 2.66. The van der Waals surface area contributed by atoms with Crippen LogP contribution in [0.5, 0.6) is 5.75 Å². The van der Waals surface area contributed by atoms with Crippen molar-refractivity contribution in [1.82, 2.24) is 4.98 Å². The van der Waals surface area contributed by atoms with E-state index >= 15 is 0 Å². The van der Waals surface area contributed by atoms with Gasteiger partial charge >= 0.3 is 6.18 Å². The van der Waals surface area contributed by atoms with Crippen molar-refractivity contribution in [2.24, 2.45) is 5.10 Å². The average molecular weight is 411 g/mol. The maximum absolute atomic E-state index is 12.7. The van der Waals surface area contributed by atoms with Gasteiger partial charge in [0.1, 0.15) is 5.75 Å². The minimum Gasteiger partial charge on any atom is -0.507 e. The Labute approximate surface area is 164 Å². The molecule has 2 aromatic rings. The summed E-state index contributed by atoms with van der Waals surface area (Å²) in [6.45, 7) is 2.01. The van der Waals surface area contributed by atoms with Crippen LogP contribution in [0.4, 0.5) is 24.7 Å². The van der Waals surface area contributed by atoms with E-state index in [-0.39, 0.29) is 16.6 Å². The number of aryl methyl sites for hydroxylation is 1. The monoisotopic (exact) mass is 410 g/mol. The van der Waals surface area contributed by atoms with E-state index in [4.69, 9.17) is 11.6 Å². The van der Waals surface area contributed by atoms with Crippen molar-refractivity contribution >= 4 is 29.3 Å². The second-order valence-corrected chi connectivity index (χ2v) is 7.32. The van der Waals surface area contributed by atoms with Crippen LogP contribution in [0.3, 0.4) is 0 Å². The van der Waals surface area contributed by atoms with Gasteiger partial charge in [-0.15, -0.1) is 0 Å². The summed E-state index contributed by atoms with van der Waals surface area (Å²) in [5, 5.41) is 14.5. The third-order valence-corrected chi connectivity index (χ3v) is 5.35. The second kappa shape index (κ2) is 7.16. The van der Waals surface area contributed by atoms with Gasteiger partial charge in [0.2, 0.25) is 0 Å². The normalized spacial score (nSPS) is 16.4. The Morgan fingerprint density at radius 3 is 2.68 bits per heavy atom. The number of phenols is 1. The number of alkyl halides is 3. The molecule has 5 nitrogen and oxygen atoms in total. The fourth-order valence-electron chi connectivity index (χ4n) is 3.80. The molecule has 1 aromatic heterocycles. The number of nitrogens with one attached hydrogen (secondary N) is 1. The molecule has 1 aromatic carbocycles.